The lowest BCUT2D eigenvalue weighted by molar-refractivity contribution is 0.609. The van der Waals surface area contributed by atoms with Crippen molar-refractivity contribution in [3.05, 3.63) is 28.8 Å². The molecular formula is C9H9ClN2O2S. The number of hydrogen-bond acceptors (Lipinski definition) is 4. The number of nitriles is 1. The molecule has 1 rings (SSSR count). The summed E-state index contributed by atoms with van der Waals surface area (Å²) in [5.74, 6) is 0. The Bertz CT molecular complexity index is 532. The lowest BCUT2D eigenvalue weighted by Crippen LogP contribution is -2.03. The molecule has 0 heterocycles. The minimum absolute atomic E-state index is 0.0910. The molecule has 4 nitrogen and oxygen atoms in total. The van der Waals surface area contributed by atoms with Gasteiger partial charge < -0.3 is 5.73 Å². The molecule has 1 aromatic carbocycles. The summed E-state index contributed by atoms with van der Waals surface area (Å²) in [6.45, 7) is 1.88. The van der Waals surface area contributed by atoms with Crippen LogP contribution in [0, 0.1) is 18.3 Å². The van der Waals surface area contributed by atoms with E-state index in [1.54, 1.807) is 6.92 Å². The van der Waals surface area contributed by atoms with E-state index in [2.05, 4.69) is 0 Å². The molecule has 0 bridgehead atoms. The summed E-state index contributed by atoms with van der Waals surface area (Å²) in [4.78, 5) is -0.0910. The summed E-state index contributed by atoms with van der Waals surface area (Å²) in [5.41, 5.74) is 7.00. The monoisotopic (exact) mass is 244 g/mol. The van der Waals surface area contributed by atoms with Gasteiger partial charge in [-0.1, -0.05) is 0 Å². The van der Waals surface area contributed by atoms with E-state index < -0.39 is 9.05 Å². The fourth-order valence-electron chi connectivity index (χ4n) is 1.21. The SMILES string of the molecule is Cc1c(C#N)cc(S(=O)(=O)Cl)cc1CN. The van der Waals surface area contributed by atoms with Crippen LogP contribution >= 0.6 is 10.7 Å². The number of rotatable bonds is 2. The molecule has 0 aliphatic rings. The van der Waals surface area contributed by atoms with Gasteiger partial charge in [0.15, 0.2) is 0 Å². The van der Waals surface area contributed by atoms with Crippen molar-refractivity contribution >= 4 is 19.7 Å². The molecule has 0 radical (unpaired) electrons. The van der Waals surface area contributed by atoms with Crippen molar-refractivity contribution in [3.63, 3.8) is 0 Å². The summed E-state index contributed by atoms with van der Waals surface area (Å²) in [6.07, 6.45) is 0. The van der Waals surface area contributed by atoms with Crippen molar-refractivity contribution in [2.45, 2.75) is 18.4 Å². The molecule has 1 aromatic rings. The van der Waals surface area contributed by atoms with E-state index in [4.69, 9.17) is 21.7 Å². The Morgan fingerprint density at radius 3 is 2.53 bits per heavy atom. The second-order valence-corrected chi connectivity index (χ2v) is 5.57. The molecule has 0 fully saturated rings. The van der Waals surface area contributed by atoms with E-state index in [-0.39, 0.29) is 17.0 Å². The zero-order valence-electron chi connectivity index (χ0n) is 7.99. The molecule has 6 heteroatoms. The highest BCUT2D eigenvalue weighted by molar-refractivity contribution is 8.13. The molecule has 0 aromatic heterocycles. The summed E-state index contributed by atoms with van der Waals surface area (Å²) < 4.78 is 22.2. The molecule has 0 spiro atoms. The molecule has 2 N–H and O–H groups in total. The van der Waals surface area contributed by atoms with E-state index in [0.717, 1.165) is 0 Å². The van der Waals surface area contributed by atoms with Crippen LogP contribution < -0.4 is 5.73 Å². The van der Waals surface area contributed by atoms with Crippen LogP contribution in [0.3, 0.4) is 0 Å². The minimum atomic E-state index is -3.82. The number of benzene rings is 1. The first-order valence-corrected chi connectivity index (χ1v) is 6.39. The maximum atomic E-state index is 11.1. The lowest BCUT2D eigenvalue weighted by atomic mass is 10.0. The first-order valence-electron chi connectivity index (χ1n) is 4.08. The Hall–Kier alpha value is -1.09. The van der Waals surface area contributed by atoms with E-state index in [1.165, 1.54) is 12.1 Å². The van der Waals surface area contributed by atoms with Crippen LogP contribution in [0.4, 0.5) is 0 Å². The second-order valence-electron chi connectivity index (χ2n) is 3.01. The minimum Gasteiger partial charge on any atom is -0.326 e. The van der Waals surface area contributed by atoms with Crippen molar-refractivity contribution in [1.82, 2.24) is 0 Å². The van der Waals surface area contributed by atoms with Gasteiger partial charge in [-0.25, -0.2) is 8.42 Å². The van der Waals surface area contributed by atoms with Crippen molar-refractivity contribution in [3.8, 4) is 6.07 Å². The van der Waals surface area contributed by atoms with Crippen LogP contribution in [0.5, 0.6) is 0 Å². The maximum Gasteiger partial charge on any atom is 0.261 e. The molecule has 80 valence electrons. The average Bonchev–Trinajstić information content (AvgIpc) is 2.16. The Morgan fingerprint density at radius 2 is 2.13 bits per heavy atom. The normalized spacial score (nSPS) is 11.1. The van der Waals surface area contributed by atoms with Gasteiger partial charge in [-0.3, -0.25) is 0 Å². The highest BCUT2D eigenvalue weighted by Gasteiger charge is 2.14. The molecule has 15 heavy (non-hydrogen) atoms. The van der Waals surface area contributed by atoms with Crippen molar-refractivity contribution in [2.75, 3.05) is 0 Å². The lowest BCUT2D eigenvalue weighted by Gasteiger charge is -2.06. The number of hydrogen-bond donors (Lipinski definition) is 1. The molecule has 0 aliphatic heterocycles. The van der Waals surface area contributed by atoms with E-state index in [0.29, 0.717) is 11.1 Å². The predicted molar refractivity (Wildman–Crippen MR) is 56.8 cm³/mol. The Balaban J connectivity index is 3.56. The molecule has 0 amide bonds. The summed E-state index contributed by atoms with van der Waals surface area (Å²) in [5, 5.41) is 8.80. The van der Waals surface area contributed by atoms with Crippen LogP contribution in [0.1, 0.15) is 16.7 Å². The number of halogens is 1. The fraction of sp³-hybridized carbons (Fsp3) is 0.222. The predicted octanol–water partition coefficient (Wildman–Crippen LogP) is 1.25. The summed E-state index contributed by atoms with van der Waals surface area (Å²) in [7, 11) is 1.37. The molecule has 0 saturated heterocycles. The zero-order valence-corrected chi connectivity index (χ0v) is 9.56. The van der Waals surface area contributed by atoms with Gasteiger partial charge in [0.1, 0.15) is 0 Å². The molecule has 0 saturated carbocycles. The first-order chi connectivity index (χ1) is 6.90. The second kappa shape index (κ2) is 4.19. The van der Waals surface area contributed by atoms with Gasteiger partial charge in [0.05, 0.1) is 16.5 Å². The Labute approximate surface area is 92.7 Å². The fourth-order valence-corrected chi connectivity index (χ4v) is 2.02. The quantitative estimate of drug-likeness (QED) is 0.794. The van der Waals surface area contributed by atoms with E-state index in [9.17, 15) is 8.42 Å². The number of nitrogens with two attached hydrogens (primary N) is 1. The summed E-state index contributed by atoms with van der Waals surface area (Å²) >= 11 is 0. The van der Waals surface area contributed by atoms with Crippen molar-refractivity contribution < 1.29 is 8.42 Å². The standard InChI is InChI=1S/C9H9ClN2O2S/c1-6-7(4-11)2-9(15(10,13)14)3-8(6)5-12/h2-3H,4,11H2,1H3. The third kappa shape index (κ3) is 2.48. The summed E-state index contributed by atoms with van der Waals surface area (Å²) in [6, 6.07) is 4.54. The van der Waals surface area contributed by atoms with Gasteiger partial charge in [-0.15, -0.1) is 0 Å². The Kier molecular flexibility index (Phi) is 3.35. The van der Waals surface area contributed by atoms with Gasteiger partial charge in [0.2, 0.25) is 0 Å². The third-order valence-corrected chi connectivity index (χ3v) is 3.44. The average molecular weight is 245 g/mol. The first kappa shape index (κ1) is 12.0. The van der Waals surface area contributed by atoms with Crippen LogP contribution in [0.2, 0.25) is 0 Å². The largest absolute Gasteiger partial charge is 0.326 e. The smallest absolute Gasteiger partial charge is 0.261 e. The zero-order chi connectivity index (χ0) is 11.6. The topological polar surface area (TPSA) is 84.0 Å². The highest BCUT2D eigenvalue weighted by atomic mass is 35.7. The van der Waals surface area contributed by atoms with Crippen LogP contribution in [0.25, 0.3) is 0 Å². The molecule has 0 unspecified atom stereocenters. The molecule has 0 atom stereocenters. The van der Waals surface area contributed by atoms with Gasteiger partial charge in [-0.05, 0) is 30.2 Å². The van der Waals surface area contributed by atoms with Crippen molar-refractivity contribution in [2.24, 2.45) is 5.73 Å². The van der Waals surface area contributed by atoms with Crippen LogP contribution in [-0.4, -0.2) is 8.42 Å². The van der Waals surface area contributed by atoms with Crippen molar-refractivity contribution in [1.29, 1.82) is 5.26 Å². The molecule has 0 aliphatic carbocycles. The number of nitrogens with zero attached hydrogens (tertiary/aromatic N) is 1. The Morgan fingerprint density at radius 1 is 1.53 bits per heavy atom. The van der Waals surface area contributed by atoms with Crippen LogP contribution in [-0.2, 0) is 15.6 Å². The molecular weight excluding hydrogens is 236 g/mol. The van der Waals surface area contributed by atoms with E-state index >= 15 is 0 Å². The van der Waals surface area contributed by atoms with Gasteiger partial charge in [0.25, 0.3) is 9.05 Å². The third-order valence-electron chi connectivity index (χ3n) is 2.11. The van der Waals surface area contributed by atoms with E-state index in [1.807, 2.05) is 6.07 Å². The highest BCUT2D eigenvalue weighted by Crippen LogP contribution is 2.22. The van der Waals surface area contributed by atoms with Gasteiger partial charge in [-0.2, -0.15) is 5.26 Å². The van der Waals surface area contributed by atoms with Crippen LogP contribution in [0.15, 0.2) is 17.0 Å². The maximum absolute atomic E-state index is 11.1. The van der Waals surface area contributed by atoms with Gasteiger partial charge in [0, 0.05) is 17.2 Å². The van der Waals surface area contributed by atoms with Gasteiger partial charge >= 0.3 is 0 Å².